The van der Waals surface area contributed by atoms with Crippen LogP contribution in [0.2, 0.25) is 0 Å². The van der Waals surface area contributed by atoms with E-state index in [0.717, 1.165) is 24.3 Å². The van der Waals surface area contributed by atoms with Gasteiger partial charge in [0, 0.05) is 6.04 Å². The Kier molecular flexibility index (Phi) is 4.33. The first-order valence-corrected chi connectivity index (χ1v) is 7.01. The monoisotopic (exact) mass is 277 g/mol. The largest absolute Gasteiger partial charge is 0.497 e. The zero-order chi connectivity index (χ0) is 14.8. The van der Waals surface area contributed by atoms with E-state index in [-0.39, 0.29) is 17.9 Å². The quantitative estimate of drug-likeness (QED) is 0.863. The number of ether oxygens (including phenoxy) is 2. The predicted molar refractivity (Wildman–Crippen MR) is 77.7 cm³/mol. The van der Waals surface area contributed by atoms with Crippen LogP contribution in [-0.4, -0.2) is 25.2 Å². The first-order valence-electron chi connectivity index (χ1n) is 7.01. The third kappa shape index (κ3) is 3.51. The maximum atomic E-state index is 12.3. The number of benzene rings is 1. The van der Waals surface area contributed by atoms with Crippen LogP contribution >= 0.6 is 0 Å². The van der Waals surface area contributed by atoms with Crippen molar-refractivity contribution in [3.63, 3.8) is 0 Å². The summed E-state index contributed by atoms with van der Waals surface area (Å²) < 4.78 is 10.8. The summed E-state index contributed by atoms with van der Waals surface area (Å²) in [6.45, 7) is 6.52. The molecule has 110 valence electrons. The molecule has 0 amide bonds. The lowest BCUT2D eigenvalue weighted by Gasteiger charge is -2.25. The number of carbonyl (C=O) groups is 1. The van der Waals surface area contributed by atoms with Crippen molar-refractivity contribution in [1.29, 1.82) is 0 Å². The van der Waals surface area contributed by atoms with E-state index in [1.54, 1.807) is 7.11 Å². The van der Waals surface area contributed by atoms with Crippen molar-refractivity contribution in [2.75, 3.05) is 13.7 Å². The normalized spacial score (nSPS) is 22.6. The van der Waals surface area contributed by atoms with Crippen LogP contribution < -0.4 is 10.1 Å². The molecule has 1 aromatic rings. The molecule has 2 atom stereocenters. The molecule has 4 heteroatoms. The number of carbonyl (C=O) groups excluding carboxylic acids is 1. The Hall–Kier alpha value is -1.55. The van der Waals surface area contributed by atoms with Crippen LogP contribution in [0.4, 0.5) is 0 Å². The lowest BCUT2D eigenvalue weighted by atomic mass is 9.94. The zero-order valence-electron chi connectivity index (χ0n) is 12.6. The number of methoxy groups -OCH3 is 1. The summed E-state index contributed by atoms with van der Waals surface area (Å²) in [5, 5.41) is 3.38. The molecule has 0 radical (unpaired) electrons. The highest BCUT2D eigenvalue weighted by Gasteiger charge is 2.36. The molecule has 20 heavy (non-hydrogen) atoms. The van der Waals surface area contributed by atoms with Gasteiger partial charge < -0.3 is 14.8 Å². The molecule has 0 unspecified atom stereocenters. The van der Waals surface area contributed by atoms with Crippen LogP contribution in [0, 0.1) is 5.92 Å². The molecule has 1 heterocycles. The van der Waals surface area contributed by atoms with Gasteiger partial charge in [-0.25, -0.2) is 0 Å². The van der Waals surface area contributed by atoms with Gasteiger partial charge in [0.2, 0.25) is 0 Å². The molecular formula is C16H23NO3. The van der Waals surface area contributed by atoms with E-state index in [2.05, 4.69) is 5.32 Å². The number of hydrogen-bond donors (Lipinski definition) is 1. The summed E-state index contributed by atoms with van der Waals surface area (Å²) in [5.41, 5.74) is 0.621. The van der Waals surface area contributed by atoms with Crippen LogP contribution in [0.25, 0.3) is 0 Å². The molecule has 2 rings (SSSR count). The fraction of sp³-hybridized carbons (Fsp3) is 0.562. The second-order valence-electron chi connectivity index (χ2n) is 6.14. The van der Waals surface area contributed by atoms with Crippen molar-refractivity contribution < 1.29 is 14.3 Å². The Labute approximate surface area is 120 Å². The fourth-order valence-electron chi connectivity index (χ4n) is 2.52. The Morgan fingerprint density at radius 3 is 2.75 bits per heavy atom. The van der Waals surface area contributed by atoms with Crippen LogP contribution in [0.3, 0.4) is 0 Å². The van der Waals surface area contributed by atoms with Gasteiger partial charge in [0.25, 0.3) is 0 Å². The highest BCUT2D eigenvalue weighted by Crippen LogP contribution is 2.33. The van der Waals surface area contributed by atoms with Gasteiger partial charge in [-0.1, -0.05) is 12.1 Å². The van der Waals surface area contributed by atoms with Gasteiger partial charge in [-0.3, -0.25) is 4.79 Å². The van der Waals surface area contributed by atoms with Crippen molar-refractivity contribution >= 4 is 5.97 Å². The first kappa shape index (κ1) is 14.9. The second kappa shape index (κ2) is 5.83. The summed E-state index contributed by atoms with van der Waals surface area (Å²) >= 11 is 0. The average molecular weight is 277 g/mol. The summed E-state index contributed by atoms with van der Waals surface area (Å²) in [5.74, 6) is 0.538. The van der Waals surface area contributed by atoms with Crippen molar-refractivity contribution in [1.82, 2.24) is 5.32 Å². The molecule has 1 aromatic carbocycles. The fourth-order valence-corrected chi connectivity index (χ4v) is 2.52. The molecule has 0 bridgehead atoms. The highest BCUT2D eigenvalue weighted by atomic mass is 16.6. The van der Waals surface area contributed by atoms with Gasteiger partial charge in [-0.05, 0) is 51.4 Å². The number of esters is 1. The van der Waals surface area contributed by atoms with Crippen LogP contribution in [0.5, 0.6) is 5.75 Å². The molecule has 0 spiro atoms. The van der Waals surface area contributed by atoms with Gasteiger partial charge in [0.05, 0.1) is 13.0 Å². The third-order valence-electron chi connectivity index (χ3n) is 3.38. The molecule has 1 fully saturated rings. The van der Waals surface area contributed by atoms with Gasteiger partial charge in [-0.15, -0.1) is 0 Å². The third-order valence-corrected chi connectivity index (χ3v) is 3.38. The van der Waals surface area contributed by atoms with Gasteiger partial charge in [-0.2, -0.15) is 0 Å². The number of hydrogen-bond acceptors (Lipinski definition) is 4. The van der Waals surface area contributed by atoms with E-state index in [4.69, 9.17) is 9.47 Å². The summed E-state index contributed by atoms with van der Waals surface area (Å²) in [6.07, 6.45) is 0.802. The Morgan fingerprint density at radius 2 is 2.10 bits per heavy atom. The highest BCUT2D eigenvalue weighted by molar-refractivity contribution is 5.74. The molecule has 1 aliphatic heterocycles. The lowest BCUT2D eigenvalue weighted by Crippen LogP contribution is -2.31. The maximum Gasteiger partial charge on any atom is 0.311 e. The Balaban J connectivity index is 2.16. The van der Waals surface area contributed by atoms with Gasteiger partial charge >= 0.3 is 5.97 Å². The van der Waals surface area contributed by atoms with Crippen LogP contribution in [-0.2, 0) is 9.53 Å². The van der Waals surface area contributed by atoms with E-state index in [9.17, 15) is 4.79 Å². The number of nitrogens with one attached hydrogen (secondary N) is 1. The minimum absolute atomic E-state index is 0.0000463. The standard InChI is InChI=1S/C16H23NO3/c1-16(2,3)20-15(18)13-8-9-17-14(13)11-6-5-7-12(10-11)19-4/h5-7,10,13-14,17H,8-9H2,1-4H3/t13-,14-/m1/s1. The summed E-state index contributed by atoms with van der Waals surface area (Å²) in [7, 11) is 1.65. The Bertz CT molecular complexity index is 479. The molecule has 1 N–H and O–H groups in total. The van der Waals surface area contributed by atoms with E-state index < -0.39 is 5.60 Å². The molecule has 1 aliphatic rings. The predicted octanol–water partition coefficient (Wildman–Crippen LogP) is 2.69. The summed E-state index contributed by atoms with van der Waals surface area (Å²) in [6, 6.07) is 7.84. The second-order valence-corrected chi connectivity index (χ2v) is 6.14. The van der Waals surface area contributed by atoms with E-state index in [1.807, 2.05) is 45.0 Å². The SMILES string of the molecule is COc1cccc([C@H]2NCC[C@H]2C(=O)OC(C)(C)C)c1. The molecule has 0 saturated carbocycles. The number of rotatable bonds is 3. The van der Waals surface area contributed by atoms with Crippen molar-refractivity contribution in [2.24, 2.45) is 5.92 Å². The zero-order valence-corrected chi connectivity index (χ0v) is 12.6. The van der Waals surface area contributed by atoms with Crippen molar-refractivity contribution in [2.45, 2.75) is 38.8 Å². The van der Waals surface area contributed by atoms with Crippen molar-refractivity contribution in [3.8, 4) is 5.75 Å². The lowest BCUT2D eigenvalue weighted by molar-refractivity contribution is -0.160. The molecule has 0 aromatic heterocycles. The minimum atomic E-state index is -0.446. The van der Waals surface area contributed by atoms with E-state index in [0.29, 0.717) is 0 Å². The maximum absolute atomic E-state index is 12.3. The van der Waals surface area contributed by atoms with Gasteiger partial charge in [0.15, 0.2) is 0 Å². The van der Waals surface area contributed by atoms with E-state index in [1.165, 1.54) is 0 Å². The van der Waals surface area contributed by atoms with Crippen LogP contribution in [0.1, 0.15) is 38.8 Å². The first-order chi connectivity index (χ1) is 9.40. The molecule has 1 saturated heterocycles. The minimum Gasteiger partial charge on any atom is -0.497 e. The topological polar surface area (TPSA) is 47.6 Å². The van der Waals surface area contributed by atoms with Crippen molar-refractivity contribution in [3.05, 3.63) is 29.8 Å². The van der Waals surface area contributed by atoms with E-state index >= 15 is 0 Å². The Morgan fingerprint density at radius 1 is 1.35 bits per heavy atom. The smallest absolute Gasteiger partial charge is 0.311 e. The average Bonchev–Trinajstić information content (AvgIpc) is 2.86. The molecule has 0 aliphatic carbocycles. The molecule has 4 nitrogen and oxygen atoms in total. The summed E-state index contributed by atoms with van der Waals surface area (Å²) in [4.78, 5) is 12.3. The molecular weight excluding hydrogens is 254 g/mol. The van der Waals surface area contributed by atoms with Crippen LogP contribution in [0.15, 0.2) is 24.3 Å². The van der Waals surface area contributed by atoms with Gasteiger partial charge in [0.1, 0.15) is 11.4 Å².